The molecule has 16 heteroatoms. The van der Waals surface area contributed by atoms with Crippen LogP contribution in [-0.2, 0) is 26.0 Å². The third-order valence-corrected chi connectivity index (χ3v) is 11.3. The quantitative estimate of drug-likeness (QED) is 0.193. The molecule has 1 saturated heterocycles. The number of alkyl halides is 2. The predicted octanol–water partition coefficient (Wildman–Crippen LogP) is 6.07. The first-order valence-corrected chi connectivity index (χ1v) is 17.7. The number of carbonyl (C=O) groups is 2. The number of amides is 1. The number of benzene rings is 2. The number of nitrogens with zero attached hydrogens (tertiary/aromatic N) is 3. The Morgan fingerprint density at radius 3 is 2.47 bits per heavy atom. The van der Waals surface area contributed by atoms with Crippen molar-refractivity contribution in [3.8, 4) is 11.5 Å². The number of hydrogen-bond acceptors (Lipinski definition) is 9. The summed E-state index contributed by atoms with van der Waals surface area (Å²) < 4.78 is 71.5. The normalized spacial score (nSPS) is 17.4. The largest absolute Gasteiger partial charge is 0.489 e. The van der Waals surface area contributed by atoms with E-state index >= 15 is 0 Å². The Balaban J connectivity index is 1.46. The molecule has 1 aromatic heterocycles. The van der Waals surface area contributed by atoms with Crippen LogP contribution in [0.3, 0.4) is 0 Å². The summed E-state index contributed by atoms with van der Waals surface area (Å²) in [4.78, 5) is 31.5. The zero-order valence-corrected chi connectivity index (χ0v) is 28.4. The maximum atomic E-state index is 13.8. The van der Waals surface area contributed by atoms with E-state index in [0.29, 0.717) is 29.4 Å². The van der Waals surface area contributed by atoms with E-state index in [2.05, 4.69) is 9.72 Å². The van der Waals surface area contributed by atoms with Crippen LogP contribution in [0.2, 0.25) is 10.0 Å². The second-order valence-corrected chi connectivity index (χ2v) is 15.0. The molecule has 1 aliphatic heterocycles. The molecule has 252 valence electrons. The molecular weight excluding hydrogens is 699 g/mol. The number of carbonyl (C=O) groups excluding carboxylic acids is 2. The minimum Gasteiger partial charge on any atom is -0.489 e. The molecule has 5 rings (SSSR count). The van der Waals surface area contributed by atoms with E-state index in [1.54, 1.807) is 14.1 Å². The lowest BCUT2D eigenvalue weighted by Gasteiger charge is -2.26. The maximum absolute atomic E-state index is 13.8. The minimum atomic E-state index is -4.24. The molecule has 10 nitrogen and oxygen atoms in total. The molecule has 1 amide bonds. The van der Waals surface area contributed by atoms with Crippen molar-refractivity contribution in [1.82, 2.24) is 14.2 Å². The van der Waals surface area contributed by atoms with Crippen molar-refractivity contribution in [3.05, 3.63) is 81.6 Å². The van der Waals surface area contributed by atoms with Crippen molar-refractivity contribution in [2.24, 2.45) is 5.92 Å². The molecule has 2 aliphatic rings. The Morgan fingerprint density at radius 1 is 1.09 bits per heavy atom. The second-order valence-electron chi connectivity index (χ2n) is 11.1. The lowest BCUT2D eigenvalue weighted by molar-refractivity contribution is -0.150. The van der Waals surface area contributed by atoms with Crippen LogP contribution < -0.4 is 9.47 Å². The van der Waals surface area contributed by atoms with Crippen molar-refractivity contribution in [1.29, 1.82) is 0 Å². The van der Waals surface area contributed by atoms with Crippen LogP contribution in [0.15, 0.2) is 59.8 Å². The Hall–Kier alpha value is -3.17. The molecule has 2 aromatic carbocycles. The fraction of sp³-hybridized carbons (Fsp3) is 0.387. The number of thioether (sulfide) groups is 1. The van der Waals surface area contributed by atoms with Crippen LogP contribution in [0.25, 0.3) is 0 Å². The minimum absolute atomic E-state index is 0.0180. The summed E-state index contributed by atoms with van der Waals surface area (Å²) in [5.41, 5.74) is 0.926. The summed E-state index contributed by atoms with van der Waals surface area (Å²) in [5.74, 6) is -0.787. The number of sulfonamides is 1. The molecule has 0 N–H and O–H groups in total. The van der Waals surface area contributed by atoms with Gasteiger partial charge in [0.05, 0.1) is 21.5 Å². The molecule has 1 aliphatic carbocycles. The van der Waals surface area contributed by atoms with Crippen LogP contribution in [0.1, 0.15) is 40.4 Å². The van der Waals surface area contributed by atoms with E-state index in [1.807, 2.05) is 0 Å². The molecule has 47 heavy (non-hydrogen) atoms. The summed E-state index contributed by atoms with van der Waals surface area (Å²) in [6, 6.07) is 9.79. The van der Waals surface area contributed by atoms with Crippen LogP contribution in [0, 0.1) is 5.92 Å². The monoisotopic (exact) mass is 729 g/mol. The lowest BCUT2D eigenvalue weighted by Crippen LogP contribution is -2.40. The van der Waals surface area contributed by atoms with Gasteiger partial charge in [0.15, 0.2) is 16.9 Å². The summed E-state index contributed by atoms with van der Waals surface area (Å²) in [6.07, 6.45) is 3.51. The van der Waals surface area contributed by atoms with Crippen LogP contribution in [-0.4, -0.2) is 79.5 Å². The van der Waals surface area contributed by atoms with Crippen molar-refractivity contribution >= 4 is 56.9 Å². The average Bonchev–Trinajstić information content (AvgIpc) is 3.72. The molecule has 0 spiro atoms. The number of halogens is 4. The molecule has 3 aromatic rings. The summed E-state index contributed by atoms with van der Waals surface area (Å²) in [6.45, 7) is -2.78. The SMILES string of the molecule is CN(C)C(=O)c1cccc(S(=O)(=O)N2CCS[C@@H]2C(=O)O[C@H](Cc2c(Cl)cncc2Cl)c2ccc(OC(F)F)c(OCC3CC3)c2)c1. The highest BCUT2D eigenvalue weighted by molar-refractivity contribution is 8.02. The van der Waals surface area contributed by atoms with Gasteiger partial charge in [-0.1, -0.05) is 35.3 Å². The topological polar surface area (TPSA) is 115 Å². The van der Waals surface area contributed by atoms with Crippen molar-refractivity contribution < 1.29 is 41.0 Å². The molecule has 2 fully saturated rings. The third kappa shape index (κ3) is 8.47. The Labute approximate surface area is 285 Å². The zero-order valence-electron chi connectivity index (χ0n) is 25.3. The number of hydrogen-bond donors (Lipinski definition) is 0. The van der Waals surface area contributed by atoms with Crippen LogP contribution in [0.5, 0.6) is 11.5 Å². The fourth-order valence-electron chi connectivity index (χ4n) is 4.84. The van der Waals surface area contributed by atoms with E-state index in [0.717, 1.165) is 28.9 Å². The van der Waals surface area contributed by atoms with Gasteiger partial charge in [-0.15, -0.1) is 11.8 Å². The van der Waals surface area contributed by atoms with Crippen molar-refractivity contribution in [2.75, 3.05) is 33.0 Å². The van der Waals surface area contributed by atoms with Gasteiger partial charge in [0, 0.05) is 50.8 Å². The van der Waals surface area contributed by atoms with Crippen molar-refractivity contribution in [3.63, 3.8) is 0 Å². The standard InChI is InChI=1S/C31H31Cl2F2N3O7S2/c1-37(2)28(39)20-4-3-5-21(12-20)47(41,42)38-10-11-46-29(38)30(40)44-26(14-22-23(32)15-36-16-24(22)33)19-8-9-25(45-31(34)35)27(13-19)43-17-18-6-7-18/h3-5,8-9,12-13,15-16,18,26,29,31H,6-7,10-11,14,17H2,1-2H3/t26-,29-/m1/s1. The number of rotatable bonds is 13. The van der Waals surface area contributed by atoms with Crippen LogP contribution in [0.4, 0.5) is 8.78 Å². The van der Waals surface area contributed by atoms with Gasteiger partial charge in [-0.3, -0.25) is 9.78 Å². The highest BCUT2D eigenvalue weighted by atomic mass is 35.5. The molecule has 1 saturated carbocycles. The highest BCUT2D eigenvalue weighted by Crippen LogP contribution is 2.39. The van der Waals surface area contributed by atoms with E-state index in [-0.39, 0.29) is 50.9 Å². The van der Waals surface area contributed by atoms with Gasteiger partial charge in [0.2, 0.25) is 10.0 Å². The molecular formula is C31H31Cl2F2N3O7S2. The van der Waals surface area contributed by atoms with Gasteiger partial charge < -0.3 is 19.1 Å². The smallest absolute Gasteiger partial charge is 0.387 e. The first-order valence-electron chi connectivity index (χ1n) is 14.5. The summed E-state index contributed by atoms with van der Waals surface area (Å²) >= 11 is 13.9. The maximum Gasteiger partial charge on any atom is 0.387 e. The zero-order chi connectivity index (χ0) is 33.9. The molecule has 0 radical (unpaired) electrons. The van der Waals surface area contributed by atoms with Gasteiger partial charge >= 0.3 is 12.6 Å². The number of ether oxygens (including phenoxy) is 3. The van der Waals surface area contributed by atoms with E-state index in [9.17, 15) is 26.8 Å². The van der Waals surface area contributed by atoms with Gasteiger partial charge in [-0.05, 0) is 60.2 Å². The predicted molar refractivity (Wildman–Crippen MR) is 173 cm³/mol. The fourth-order valence-corrected chi connectivity index (χ4v) is 8.45. The molecule has 0 bridgehead atoms. The highest BCUT2D eigenvalue weighted by Gasteiger charge is 2.42. The third-order valence-electron chi connectivity index (χ3n) is 7.47. The second kappa shape index (κ2) is 14.9. The van der Waals surface area contributed by atoms with E-state index in [4.69, 9.17) is 32.7 Å². The molecule has 2 atom stereocenters. The first kappa shape index (κ1) is 35.1. The Kier molecular flexibility index (Phi) is 11.2. The summed E-state index contributed by atoms with van der Waals surface area (Å²) in [7, 11) is -1.13. The molecule has 2 heterocycles. The van der Waals surface area contributed by atoms with E-state index < -0.39 is 34.1 Å². The molecule has 0 unspecified atom stereocenters. The van der Waals surface area contributed by atoms with Gasteiger partial charge in [0.25, 0.3) is 5.91 Å². The Morgan fingerprint density at radius 2 is 1.81 bits per heavy atom. The average molecular weight is 731 g/mol. The van der Waals surface area contributed by atoms with Gasteiger partial charge in [-0.2, -0.15) is 13.1 Å². The number of aromatic nitrogens is 1. The summed E-state index contributed by atoms with van der Waals surface area (Å²) in [5, 5.41) is -0.855. The van der Waals surface area contributed by atoms with E-state index in [1.165, 1.54) is 59.8 Å². The van der Waals surface area contributed by atoms with Crippen molar-refractivity contribution in [2.45, 2.75) is 42.2 Å². The number of pyridine rings is 1. The van der Waals surface area contributed by atoms with Gasteiger partial charge in [-0.25, -0.2) is 13.2 Å². The first-order chi connectivity index (χ1) is 22.3. The lowest BCUT2D eigenvalue weighted by atomic mass is 10.0. The number of esters is 1. The van der Waals surface area contributed by atoms with Crippen LogP contribution >= 0.6 is 35.0 Å². The Bertz CT molecular complexity index is 1730. The van der Waals surface area contributed by atoms with Gasteiger partial charge in [0.1, 0.15) is 6.10 Å².